The van der Waals surface area contributed by atoms with Crippen molar-refractivity contribution in [3.05, 3.63) is 23.8 Å². The molecule has 10 heteroatoms. The Morgan fingerprint density at radius 2 is 1.80 bits per heavy atom. The molecule has 0 bridgehead atoms. The summed E-state index contributed by atoms with van der Waals surface area (Å²) in [5.74, 6) is 0.0246. The second kappa shape index (κ2) is 10.5. The van der Waals surface area contributed by atoms with Crippen LogP contribution in [0.25, 0.3) is 0 Å². The standard InChI is InChI=1S/C25H34N4O6/c1-3-34-20-15-18(7-8-19(20)35-16-21(30)28-13-5-4-6-14-28)22(31)27-29-23(32)25(26-24(29)33)11-9-17(2)10-12-25/h7-8,15,17H,3-6,9-14,16H2,1-2H3,(H,26,33)(H,27,31). The number of rotatable bonds is 7. The largest absolute Gasteiger partial charge is 0.490 e. The maximum atomic E-state index is 13.0. The molecule has 3 fully saturated rings. The van der Waals surface area contributed by atoms with Crippen molar-refractivity contribution >= 4 is 23.8 Å². The highest BCUT2D eigenvalue weighted by molar-refractivity contribution is 6.09. The summed E-state index contributed by atoms with van der Waals surface area (Å²) < 4.78 is 11.3. The van der Waals surface area contributed by atoms with E-state index in [0.717, 1.165) is 50.2 Å². The number of carbonyl (C=O) groups is 4. The van der Waals surface area contributed by atoms with Gasteiger partial charge in [-0.2, -0.15) is 5.01 Å². The van der Waals surface area contributed by atoms with Crippen LogP contribution in [0, 0.1) is 5.92 Å². The third kappa shape index (κ3) is 5.36. The van der Waals surface area contributed by atoms with Gasteiger partial charge in [-0.05, 0) is 76.0 Å². The lowest BCUT2D eigenvalue weighted by Crippen LogP contribution is -2.51. The number of nitrogens with zero attached hydrogens (tertiary/aromatic N) is 2. The van der Waals surface area contributed by atoms with Crippen molar-refractivity contribution in [3.8, 4) is 11.5 Å². The molecule has 1 aliphatic carbocycles. The molecule has 190 valence electrons. The first-order valence-corrected chi connectivity index (χ1v) is 12.5. The lowest BCUT2D eigenvalue weighted by Gasteiger charge is -2.33. The second-order valence-electron chi connectivity index (χ2n) is 9.60. The smallest absolute Gasteiger partial charge is 0.344 e. The van der Waals surface area contributed by atoms with Gasteiger partial charge in [-0.25, -0.2) is 4.79 Å². The van der Waals surface area contributed by atoms with Crippen molar-refractivity contribution in [2.45, 2.75) is 64.3 Å². The first-order valence-electron chi connectivity index (χ1n) is 12.5. The molecule has 1 aromatic rings. The predicted molar refractivity (Wildman–Crippen MR) is 127 cm³/mol. The highest BCUT2D eigenvalue weighted by atomic mass is 16.5. The molecule has 4 rings (SSSR count). The molecule has 10 nitrogen and oxygen atoms in total. The SMILES string of the molecule is CCOc1cc(C(=O)NN2C(=O)NC3(CCC(C)CC3)C2=O)ccc1OCC(=O)N1CCCCC1. The fraction of sp³-hybridized carbons (Fsp3) is 0.600. The zero-order chi connectivity index (χ0) is 25.0. The summed E-state index contributed by atoms with van der Waals surface area (Å²) in [6.07, 6.45) is 5.92. The molecule has 1 saturated carbocycles. The van der Waals surface area contributed by atoms with Gasteiger partial charge in [-0.3, -0.25) is 19.8 Å². The van der Waals surface area contributed by atoms with Crippen LogP contribution in [0.5, 0.6) is 11.5 Å². The molecule has 35 heavy (non-hydrogen) atoms. The summed E-state index contributed by atoms with van der Waals surface area (Å²) in [4.78, 5) is 52.7. The quantitative estimate of drug-likeness (QED) is 0.572. The van der Waals surface area contributed by atoms with E-state index >= 15 is 0 Å². The Morgan fingerprint density at radius 3 is 2.49 bits per heavy atom. The third-order valence-electron chi connectivity index (χ3n) is 7.07. The number of piperidine rings is 1. The first kappa shape index (κ1) is 24.8. The lowest BCUT2D eigenvalue weighted by molar-refractivity contribution is -0.135. The monoisotopic (exact) mass is 486 g/mol. The van der Waals surface area contributed by atoms with E-state index in [-0.39, 0.29) is 18.1 Å². The molecule has 1 aromatic carbocycles. The van der Waals surface area contributed by atoms with Gasteiger partial charge in [0.1, 0.15) is 5.54 Å². The van der Waals surface area contributed by atoms with Crippen LogP contribution < -0.4 is 20.2 Å². The van der Waals surface area contributed by atoms with Gasteiger partial charge >= 0.3 is 6.03 Å². The van der Waals surface area contributed by atoms with Crippen LogP contribution >= 0.6 is 0 Å². The van der Waals surface area contributed by atoms with Crippen LogP contribution in [-0.4, -0.2) is 65.5 Å². The van der Waals surface area contributed by atoms with Crippen LogP contribution in [0.1, 0.15) is 69.2 Å². The number of hydrogen-bond donors (Lipinski definition) is 2. The Kier molecular flexibility index (Phi) is 7.47. The van der Waals surface area contributed by atoms with Crippen molar-refractivity contribution in [1.29, 1.82) is 0 Å². The number of hydrazine groups is 1. The van der Waals surface area contributed by atoms with Crippen molar-refractivity contribution in [2.75, 3.05) is 26.3 Å². The molecular formula is C25H34N4O6. The average Bonchev–Trinajstić information content (AvgIpc) is 3.09. The summed E-state index contributed by atoms with van der Waals surface area (Å²) in [6.45, 7) is 5.61. The molecule has 3 aliphatic rings. The van der Waals surface area contributed by atoms with Crippen LogP contribution in [0.15, 0.2) is 18.2 Å². The van der Waals surface area contributed by atoms with Crippen molar-refractivity contribution in [1.82, 2.24) is 20.7 Å². The highest BCUT2D eigenvalue weighted by Gasteiger charge is 2.53. The highest BCUT2D eigenvalue weighted by Crippen LogP contribution is 2.36. The van der Waals surface area contributed by atoms with Crippen molar-refractivity contribution in [3.63, 3.8) is 0 Å². The molecule has 2 aliphatic heterocycles. The Labute approximate surface area is 205 Å². The number of likely N-dealkylation sites (tertiary alicyclic amines) is 1. The van der Waals surface area contributed by atoms with Crippen LogP contribution in [-0.2, 0) is 9.59 Å². The lowest BCUT2D eigenvalue weighted by atomic mass is 9.77. The number of ether oxygens (including phenoxy) is 2. The normalized spacial score (nSPS) is 24.3. The van der Waals surface area contributed by atoms with Crippen molar-refractivity contribution < 1.29 is 28.7 Å². The number of hydrogen-bond acceptors (Lipinski definition) is 6. The zero-order valence-corrected chi connectivity index (χ0v) is 20.4. The molecule has 2 heterocycles. The minimum absolute atomic E-state index is 0.0847. The van der Waals surface area contributed by atoms with Gasteiger partial charge in [0.25, 0.3) is 17.7 Å². The average molecular weight is 487 g/mol. The summed E-state index contributed by atoms with van der Waals surface area (Å²) in [5.41, 5.74) is 1.69. The van der Waals surface area contributed by atoms with Crippen LogP contribution in [0.3, 0.4) is 0 Å². The number of imide groups is 1. The minimum Gasteiger partial charge on any atom is -0.490 e. The topological polar surface area (TPSA) is 117 Å². The number of benzene rings is 1. The van der Waals surface area contributed by atoms with Gasteiger partial charge in [-0.1, -0.05) is 6.92 Å². The number of amides is 5. The summed E-state index contributed by atoms with van der Waals surface area (Å²) >= 11 is 0. The third-order valence-corrected chi connectivity index (χ3v) is 7.07. The molecular weight excluding hydrogens is 452 g/mol. The summed E-state index contributed by atoms with van der Waals surface area (Å²) in [6, 6.07) is 3.92. The molecule has 0 radical (unpaired) electrons. The number of urea groups is 1. The van der Waals surface area contributed by atoms with E-state index < -0.39 is 23.4 Å². The van der Waals surface area contributed by atoms with Gasteiger partial charge < -0.3 is 19.7 Å². The van der Waals surface area contributed by atoms with E-state index in [2.05, 4.69) is 17.7 Å². The number of carbonyl (C=O) groups excluding carboxylic acids is 4. The molecule has 1 spiro atoms. The van der Waals surface area contributed by atoms with E-state index in [0.29, 0.717) is 36.9 Å². The van der Waals surface area contributed by atoms with Gasteiger partial charge in [-0.15, -0.1) is 0 Å². The maximum absolute atomic E-state index is 13.0. The fourth-order valence-corrected chi connectivity index (χ4v) is 4.89. The molecule has 0 unspecified atom stereocenters. The molecule has 5 amide bonds. The van der Waals surface area contributed by atoms with Gasteiger partial charge in [0.05, 0.1) is 6.61 Å². The van der Waals surface area contributed by atoms with E-state index in [1.54, 1.807) is 17.9 Å². The Hall–Kier alpha value is -3.30. The summed E-state index contributed by atoms with van der Waals surface area (Å²) in [5, 5.41) is 3.56. The van der Waals surface area contributed by atoms with Gasteiger partial charge in [0, 0.05) is 18.7 Å². The van der Waals surface area contributed by atoms with Gasteiger partial charge in [0.15, 0.2) is 18.1 Å². The minimum atomic E-state index is -0.939. The fourth-order valence-electron chi connectivity index (χ4n) is 4.89. The summed E-state index contributed by atoms with van der Waals surface area (Å²) in [7, 11) is 0. The zero-order valence-electron chi connectivity index (χ0n) is 20.4. The Bertz CT molecular complexity index is 982. The van der Waals surface area contributed by atoms with Crippen LogP contribution in [0.2, 0.25) is 0 Å². The van der Waals surface area contributed by atoms with E-state index in [9.17, 15) is 19.2 Å². The predicted octanol–water partition coefficient (Wildman–Crippen LogP) is 2.62. The Balaban J connectivity index is 1.41. The van der Waals surface area contributed by atoms with E-state index in [1.165, 1.54) is 12.1 Å². The molecule has 0 atom stereocenters. The second-order valence-corrected chi connectivity index (χ2v) is 9.60. The molecule has 2 N–H and O–H groups in total. The van der Waals surface area contributed by atoms with Crippen molar-refractivity contribution in [2.24, 2.45) is 5.92 Å². The first-order chi connectivity index (χ1) is 16.8. The number of nitrogens with one attached hydrogen (secondary N) is 2. The Morgan fingerprint density at radius 1 is 1.09 bits per heavy atom. The van der Waals surface area contributed by atoms with Gasteiger partial charge in [0.2, 0.25) is 0 Å². The van der Waals surface area contributed by atoms with E-state index in [1.807, 2.05) is 0 Å². The molecule has 0 aromatic heterocycles. The van der Waals surface area contributed by atoms with E-state index in [4.69, 9.17) is 9.47 Å². The van der Waals surface area contributed by atoms with Crippen LogP contribution in [0.4, 0.5) is 4.79 Å². The molecule has 2 saturated heterocycles. The maximum Gasteiger partial charge on any atom is 0.344 e.